The second kappa shape index (κ2) is 8.27. The lowest BCUT2D eigenvalue weighted by Crippen LogP contribution is -2.50. The van der Waals surface area contributed by atoms with Crippen molar-refractivity contribution in [3.8, 4) is 0 Å². The highest BCUT2D eigenvalue weighted by molar-refractivity contribution is 5.74. The van der Waals surface area contributed by atoms with Gasteiger partial charge in [-0.05, 0) is 31.0 Å². The number of nitrogens with one attached hydrogen (secondary N) is 1. The minimum atomic E-state index is -0.594. The summed E-state index contributed by atoms with van der Waals surface area (Å²) >= 11 is 0. The molecule has 2 amide bonds. The van der Waals surface area contributed by atoms with Gasteiger partial charge in [-0.2, -0.15) is 0 Å². The van der Waals surface area contributed by atoms with Gasteiger partial charge in [0.1, 0.15) is 17.7 Å². The Morgan fingerprint density at radius 3 is 2.50 bits per heavy atom. The molecule has 1 aliphatic rings. The van der Waals surface area contributed by atoms with E-state index in [9.17, 15) is 13.6 Å². The monoisotopic (exact) mass is 360 g/mol. The van der Waals surface area contributed by atoms with Crippen LogP contribution in [0.15, 0.2) is 48.5 Å². The highest BCUT2D eigenvalue weighted by atomic mass is 19.1. The van der Waals surface area contributed by atoms with Crippen LogP contribution in [0.2, 0.25) is 0 Å². The summed E-state index contributed by atoms with van der Waals surface area (Å²) < 4.78 is 33.2. The summed E-state index contributed by atoms with van der Waals surface area (Å²) in [6, 6.07) is 13.3. The molecule has 6 heteroatoms. The molecule has 0 saturated carbocycles. The molecular weight excluding hydrogens is 338 g/mol. The number of benzene rings is 2. The fraction of sp³-hybridized carbons (Fsp3) is 0.350. The Balaban J connectivity index is 1.57. The van der Waals surface area contributed by atoms with E-state index in [1.807, 2.05) is 37.3 Å². The number of halogens is 2. The third-order valence-electron chi connectivity index (χ3n) is 4.43. The smallest absolute Gasteiger partial charge is 0.317 e. The quantitative estimate of drug-likeness (QED) is 0.904. The molecule has 26 heavy (non-hydrogen) atoms. The summed E-state index contributed by atoms with van der Waals surface area (Å²) in [5, 5.41) is 2.75. The summed E-state index contributed by atoms with van der Waals surface area (Å²) in [6.45, 7) is 3.00. The Labute approximate surface area is 151 Å². The average molecular weight is 360 g/mol. The number of rotatable bonds is 4. The second-order valence-corrected chi connectivity index (χ2v) is 6.43. The zero-order valence-electron chi connectivity index (χ0n) is 14.6. The van der Waals surface area contributed by atoms with Gasteiger partial charge in [0.25, 0.3) is 0 Å². The van der Waals surface area contributed by atoms with E-state index in [2.05, 4.69) is 5.32 Å². The van der Waals surface area contributed by atoms with Crippen molar-refractivity contribution in [1.82, 2.24) is 10.2 Å². The van der Waals surface area contributed by atoms with Gasteiger partial charge < -0.3 is 15.0 Å². The first-order valence-electron chi connectivity index (χ1n) is 8.70. The minimum absolute atomic E-state index is 0.00897. The maximum atomic E-state index is 13.6. The molecule has 0 spiro atoms. The van der Waals surface area contributed by atoms with Crippen LogP contribution >= 0.6 is 0 Å². The Hall–Kier alpha value is -2.47. The standard InChI is InChI=1S/C20H22F2N2O2/c1-14-12-24(13-19(26-14)15-6-3-2-4-7-15)20(25)23-11-10-16-17(21)8-5-9-18(16)22/h2-9,14,19H,10-13H2,1H3,(H,23,25). The average Bonchev–Trinajstić information content (AvgIpc) is 2.64. The first kappa shape index (κ1) is 18.3. The molecule has 2 atom stereocenters. The van der Waals surface area contributed by atoms with Crippen LogP contribution in [-0.2, 0) is 11.2 Å². The Morgan fingerprint density at radius 1 is 1.12 bits per heavy atom. The van der Waals surface area contributed by atoms with Crippen LogP contribution in [0.3, 0.4) is 0 Å². The lowest BCUT2D eigenvalue weighted by Gasteiger charge is -2.37. The Morgan fingerprint density at radius 2 is 1.81 bits per heavy atom. The van der Waals surface area contributed by atoms with Gasteiger partial charge in [-0.3, -0.25) is 0 Å². The van der Waals surface area contributed by atoms with Gasteiger partial charge in [0.15, 0.2) is 0 Å². The SMILES string of the molecule is CC1CN(C(=O)NCCc2c(F)cccc2F)CC(c2ccccc2)O1. The van der Waals surface area contributed by atoms with Crippen molar-refractivity contribution in [3.63, 3.8) is 0 Å². The molecule has 2 aromatic rings. The molecule has 3 rings (SSSR count). The molecule has 0 radical (unpaired) electrons. The fourth-order valence-corrected chi connectivity index (χ4v) is 3.15. The number of morpholine rings is 1. The zero-order valence-corrected chi connectivity index (χ0v) is 14.6. The Bertz CT molecular complexity index is 734. The number of nitrogens with zero attached hydrogens (tertiary/aromatic N) is 1. The number of carbonyl (C=O) groups is 1. The molecular formula is C20H22F2N2O2. The lowest BCUT2D eigenvalue weighted by atomic mass is 10.1. The maximum Gasteiger partial charge on any atom is 0.317 e. The van der Waals surface area contributed by atoms with Gasteiger partial charge in [0, 0.05) is 18.7 Å². The molecule has 1 aliphatic heterocycles. The van der Waals surface area contributed by atoms with E-state index < -0.39 is 11.6 Å². The van der Waals surface area contributed by atoms with Crippen molar-refractivity contribution in [1.29, 1.82) is 0 Å². The molecule has 4 nitrogen and oxygen atoms in total. The van der Waals surface area contributed by atoms with E-state index in [0.29, 0.717) is 13.1 Å². The number of hydrogen-bond donors (Lipinski definition) is 1. The molecule has 1 heterocycles. The lowest BCUT2D eigenvalue weighted by molar-refractivity contribution is -0.0656. The fourth-order valence-electron chi connectivity index (χ4n) is 3.15. The maximum absolute atomic E-state index is 13.6. The van der Waals surface area contributed by atoms with Gasteiger partial charge in [0.05, 0.1) is 12.6 Å². The van der Waals surface area contributed by atoms with E-state index in [1.165, 1.54) is 18.2 Å². The first-order valence-corrected chi connectivity index (χ1v) is 8.70. The van der Waals surface area contributed by atoms with E-state index in [-0.39, 0.29) is 36.8 Å². The molecule has 2 unspecified atom stereocenters. The summed E-state index contributed by atoms with van der Waals surface area (Å²) in [6.07, 6.45) is -0.176. The normalized spacial score (nSPS) is 20.0. The number of carbonyl (C=O) groups excluding carboxylic acids is 1. The largest absolute Gasteiger partial charge is 0.367 e. The molecule has 0 bridgehead atoms. The van der Waals surface area contributed by atoms with Crippen LogP contribution in [0.25, 0.3) is 0 Å². The van der Waals surface area contributed by atoms with Gasteiger partial charge in [-0.25, -0.2) is 13.6 Å². The molecule has 138 valence electrons. The highest BCUT2D eigenvalue weighted by Gasteiger charge is 2.29. The van der Waals surface area contributed by atoms with Gasteiger partial charge in [0.2, 0.25) is 0 Å². The summed E-state index contributed by atoms with van der Waals surface area (Å²) in [7, 11) is 0. The minimum Gasteiger partial charge on any atom is -0.367 e. The van der Waals surface area contributed by atoms with Crippen LogP contribution in [0, 0.1) is 11.6 Å². The summed E-state index contributed by atoms with van der Waals surface area (Å²) in [4.78, 5) is 14.1. The molecule has 0 aromatic heterocycles. The number of hydrogen-bond acceptors (Lipinski definition) is 2. The highest BCUT2D eigenvalue weighted by Crippen LogP contribution is 2.25. The van der Waals surface area contributed by atoms with Crippen molar-refractivity contribution in [2.24, 2.45) is 0 Å². The van der Waals surface area contributed by atoms with Crippen LogP contribution in [0.1, 0.15) is 24.2 Å². The van der Waals surface area contributed by atoms with Crippen molar-refractivity contribution in [3.05, 3.63) is 71.3 Å². The predicted molar refractivity (Wildman–Crippen MR) is 94.8 cm³/mol. The van der Waals surface area contributed by atoms with Crippen molar-refractivity contribution < 1.29 is 18.3 Å². The van der Waals surface area contributed by atoms with Gasteiger partial charge in [-0.15, -0.1) is 0 Å². The number of amides is 2. The molecule has 0 aliphatic carbocycles. The van der Waals surface area contributed by atoms with E-state index in [1.54, 1.807) is 4.90 Å². The third-order valence-corrected chi connectivity index (χ3v) is 4.43. The van der Waals surface area contributed by atoms with E-state index in [0.717, 1.165) is 5.56 Å². The molecule has 2 aromatic carbocycles. The zero-order chi connectivity index (χ0) is 18.5. The topological polar surface area (TPSA) is 41.6 Å². The second-order valence-electron chi connectivity index (χ2n) is 6.43. The third kappa shape index (κ3) is 4.38. The van der Waals surface area contributed by atoms with Crippen molar-refractivity contribution >= 4 is 6.03 Å². The first-order chi connectivity index (χ1) is 12.5. The van der Waals surface area contributed by atoms with Crippen LogP contribution in [-0.4, -0.2) is 36.7 Å². The molecule has 1 fully saturated rings. The summed E-state index contributed by atoms with van der Waals surface area (Å²) in [5.74, 6) is -1.19. The van der Waals surface area contributed by atoms with Gasteiger partial charge >= 0.3 is 6.03 Å². The van der Waals surface area contributed by atoms with Crippen LogP contribution in [0.4, 0.5) is 13.6 Å². The van der Waals surface area contributed by atoms with Crippen molar-refractivity contribution in [2.75, 3.05) is 19.6 Å². The molecule has 1 saturated heterocycles. The number of ether oxygens (including phenoxy) is 1. The van der Waals surface area contributed by atoms with Gasteiger partial charge in [-0.1, -0.05) is 36.4 Å². The van der Waals surface area contributed by atoms with Crippen LogP contribution < -0.4 is 5.32 Å². The van der Waals surface area contributed by atoms with E-state index >= 15 is 0 Å². The molecule has 1 N–H and O–H groups in total. The number of urea groups is 1. The van der Waals surface area contributed by atoms with Crippen LogP contribution in [0.5, 0.6) is 0 Å². The Kier molecular flexibility index (Phi) is 5.83. The predicted octanol–water partition coefficient (Wildman–Crippen LogP) is 3.68. The summed E-state index contributed by atoms with van der Waals surface area (Å²) in [5.41, 5.74) is 1.01. The van der Waals surface area contributed by atoms with E-state index in [4.69, 9.17) is 4.74 Å². The van der Waals surface area contributed by atoms with Crippen molar-refractivity contribution in [2.45, 2.75) is 25.6 Å².